The molecule has 0 amide bonds. The fourth-order valence-corrected chi connectivity index (χ4v) is 1.02. The average Bonchev–Trinajstić information content (AvgIpc) is 2.19. The van der Waals surface area contributed by atoms with Crippen LogP contribution >= 0.6 is 22.2 Å². The SMILES string of the molecule is Cl[Si]Cl.c1ccc2ncccc2c1. The third-order valence-corrected chi connectivity index (χ3v) is 1.51. The lowest BCUT2D eigenvalue weighted by Crippen LogP contribution is -1.73. The smallest absolute Gasteiger partial charge is 0.256 e. The van der Waals surface area contributed by atoms with E-state index in [0.717, 1.165) is 5.52 Å². The molecule has 0 aliphatic rings. The van der Waals surface area contributed by atoms with E-state index in [9.17, 15) is 0 Å². The molecule has 0 fully saturated rings. The van der Waals surface area contributed by atoms with E-state index in [1.165, 1.54) is 5.39 Å². The molecule has 0 N–H and O–H groups in total. The van der Waals surface area contributed by atoms with Gasteiger partial charge in [-0.25, -0.2) is 0 Å². The Morgan fingerprint density at radius 1 is 1.00 bits per heavy atom. The van der Waals surface area contributed by atoms with Crippen LogP contribution in [0.25, 0.3) is 10.9 Å². The van der Waals surface area contributed by atoms with Gasteiger partial charge in [0.25, 0.3) is 8.14 Å². The normalized spacial score (nSPS) is 9.08. The summed E-state index contributed by atoms with van der Waals surface area (Å²) in [5.41, 5.74) is 1.06. The van der Waals surface area contributed by atoms with E-state index < -0.39 is 0 Å². The van der Waals surface area contributed by atoms with Crippen molar-refractivity contribution in [2.24, 2.45) is 0 Å². The van der Waals surface area contributed by atoms with Crippen molar-refractivity contribution < 1.29 is 0 Å². The van der Waals surface area contributed by atoms with Crippen LogP contribution in [0.2, 0.25) is 0 Å². The van der Waals surface area contributed by atoms with E-state index in [-0.39, 0.29) is 8.14 Å². The third-order valence-electron chi connectivity index (χ3n) is 1.51. The van der Waals surface area contributed by atoms with Crippen LogP contribution in [-0.4, -0.2) is 13.1 Å². The molecule has 0 atom stereocenters. The number of para-hydroxylation sites is 1. The molecule has 13 heavy (non-hydrogen) atoms. The molecule has 0 unspecified atom stereocenters. The second kappa shape index (κ2) is 5.97. The highest BCUT2D eigenvalue weighted by Crippen LogP contribution is 2.07. The van der Waals surface area contributed by atoms with Crippen LogP contribution in [0, 0.1) is 0 Å². The molecule has 0 saturated heterocycles. The molecule has 1 heterocycles. The molecular formula is C9H7Cl2NSi. The number of benzene rings is 1. The van der Waals surface area contributed by atoms with Gasteiger partial charge < -0.3 is 0 Å². The zero-order valence-corrected chi connectivity index (χ0v) is 9.26. The third kappa shape index (κ3) is 3.34. The average molecular weight is 228 g/mol. The molecule has 1 aromatic carbocycles. The van der Waals surface area contributed by atoms with Gasteiger partial charge in [0.15, 0.2) is 0 Å². The van der Waals surface area contributed by atoms with Crippen molar-refractivity contribution in [2.75, 3.05) is 0 Å². The molecule has 1 aromatic heterocycles. The molecule has 0 aliphatic carbocycles. The second-order valence-corrected chi connectivity index (χ2v) is 4.12. The van der Waals surface area contributed by atoms with Crippen molar-refractivity contribution in [1.82, 2.24) is 4.98 Å². The minimum atomic E-state index is 0.0278. The molecule has 4 heteroatoms. The molecular weight excluding hydrogens is 221 g/mol. The Bertz CT molecular complexity index is 302. The van der Waals surface area contributed by atoms with Gasteiger partial charge >= 0.3 is 0 Å². The summed E-state index contributed by atoms with van der Waals surface area (Å²) in [6.45, 7) is 0. The van der Waals surface area contributed by atoms with E-state index in [0.29, 0.717) is 0 Å². The van der Waals surface area contributed by atoms with Gasteiger partial charge in [-0.15, -0.1) is 22.2 Å². The number of rotatable bonds is 0. The predicted octanol–water partition coefficient (Wildman–Crippen LogP) is 3.23. The van der Waals surface area contributed by atoms with E-state index in [2.05, 4.69) is 17.1 Å². The van der Waals surface area contributed by atoms with Crippen molar-refractivity contribution >= 4 is 41.2 Å². The summed E-state index contributed by atoms with van der Waals surface area (Å²) in [6, 6.07) is 12.1. The van der Waals surface area contributed by atoms with Gasteiger partial charge in [0.2, 0.25) is 0 Å². The van der Waals surface area contributed by atoms with Crippen LogP contribution in [-0.2, 0) is 0 Å². The number of aromatic nitrogens is 1. The maximum atomic E-state index is 4.79. The molecule has 1 nitrogen and oxygen atoms in total. The van der Waals surface area contributed by atoms with Crippen LogP contribution in [0.4, 0.5) is 0 Å². The van der Waals surface area contributed by atoms with E-state index in [4.69, 9.17) is 22.2 Å². The van der Waals surface area contributed by atoms with Crippen LogP contribution < -0.4 is 0 Å². The number of fused-ring (bicyclic) bond motifs is 1. The summed E-state index contributed by atoms with van der Waals surface area (Å²) in [7, 11) is 0.0278. The summed E-state index contributed by atoms with van der Waals surface area (Å²) >= 11 is 9.58. The Labute approximate surface area is 88.9 Å². The van der Waals surface area contributed by atoms with Crippen molar-refractivity contribution in [3.05, 3.63) is 42.6 Å². The Morgan fingerprint density at radius 2 is 1.62 bits per heavy atom. The lowest BCUT2D eigenvalue weighted by Gasteiger charge is -1.91. The number of pyridine rings is 1. The number of halogens is 2. The quantitative estimate of drug-likeness (QED) is 0.498. The first-order chi connectivity index (χ1) is 6.38. The van der Waals surface area contributed by atoms with Gasteiger partial charge in [-0.3, -0.25) is 4.98 Å². The fourth-order valence-electron chi connectivity index (χ4n) is 1.02. The summed E-state index contributed by atoms with van der Waals surface area (Å²) in [5, 5.41) is 1.20. The number of nitrogens with zero attached hydrogens (tertiary/aromatic N) is 1. The molecule has 0 saturated carbocycles. The van der Waals surface area contributed by atoms with Crippen molar-refractivity contribution in [3.63, 3.8) is 0 Å². The highest BCUT2D eigenvalue weighted by Gasteiger charge is 1.86. The summed E-state index contributed by atoms with van der Waals surface area (Å²) < 4.78 is 0. The van der Waals surface area contributed by atoms with Crippen LogP contribution in [0.15, 0.2) is 42.6 Å². The highest BCUT2D eigenvalue weighted by molar-refractivity contribution is 7.22. The van der Waals surface area contributed by atoms with E-state index in [1.54, 1.807) is 0 Å². The largest absolute Gasteiger partial charge is 0.295 e. The Hall–Kier alpha value is -0.573. The predicted molar refractivity (Wildman–Crippen MR) is 59.2 cm³/mol. The standard InChI is InChI=1S/C9H7N.Cl2Si/c1-2-6-9-8(4-1)5-3-7-10-9;1-3-2/h1-7H;. The molecule has 0 aliphatic heterocycles. The summed E-state index contributed by atoms with van der Waals surface area (Å²) in [5.74, 6) is 0. The molecule has 2 rings (SSSR count). The minimum absolute atomic E-state index is 0.0278. The topological polar surface area (TPSA) is 12.9 Å². The first-order valence-corrected chi connectivity index (χ1v) is 6.67. The van der Waals surface area contributed by atoms with Gasteiger partial charge in [-0.2, -0.15) is 0 Å². The Balaban J connectivity index is 0.000000251. The molecule has 0 bridgehead atoms. The maximum absolute atomic E-state index is 4.79. The van der Waals surface area contributed by atoms with Crippen LogP contribution in [0.1, 0.15) is 0 Å². The monoisotopic (exact) mass is 227 g/mol. The highest BCUT2D eigenvalue weighted by atomic mass is 35.7. The molecule has 66 valence electrons. The number of hydrogen-bond donors (Lipinski definition) is 0. The fraction of sp³-hybridized carbons (Fsp3) is 0. The first-order valence-electron chi connectivity index (χ1n) is 3.64. The number of hydrogen-bond acceptors (Lipinski definition) is 1. The molecule has 2 aromatic rings. The lowest BCUT2D eigenvalue weighted by atomic mass is 10.2. The lowest BCUT2D eigenvalue weighted by molar-refractivity contribution is 1.41. The summed E-state index contributed by atoms with van der Waals surface area (Å²) in [6.07, 6.45) is 1.81. The van der Waals surface area contributed by atoms with E-state index in [1.807, 2.05) is 30.5 Å². The molecule has 0 spiro atoms. The Kier molecular flexibility index (Phi) is 4.82. The van der Waals surface area contributed by atoms with Gasteiger partial charge in [0.05, 0.1) is 5.52 Å². The van der Waals surface area contributed by atoms with E-state index >= 15 is 0 Å². The first kappa shape index (κ1) is 10.5. The van der Waals surface area contributed by atoms with Crippen molar-refractivity contribution in [2.45, 2.75) is 0 Å². The van der Waals surface area contributed by atoms with Crippen molar-refractivity contribution in [3.8, 4) is 0 Å². The maximum Gasteiger partial charge on any atom is 0.295 e. The van der Waals surface area contributed by atoms with Gasteiger partial charge in [-0.1, -0.05) is 24.3 Å². The second-order valence-electron chi connectivity index (χ2n) is 2.27. The van der Waals surface area contributed by atoms with Gasteiger partial charge in [0.1, 0.15) is 0 Å². The van der Waals surface area contributed by atoms with Crippen molar-refractivity contribution in [1.29, 1.82) is 0 Å². The molecule has 2 radical (unpaired) electrons. The minimum Gasteiger partial charge on any atom is -0.256 e. The zero-order valence-electron chi connectivity index (χ0n) is 6.74. The van der Waals surface area contributed by atoms with Gasteiger partial charge in [0, 0.05) is 11.6 Å². The van der Waals surface area contributed by atoms with Gasteiger partial charge in [-0.05, 0) is 12.1 Å². The summed E-state index contributed by atoms with van der Waals surface area (Å²) in [4.78, 5) is 4.18. The zero-order chi connectivity index (χ0) is 9.52. The van der Waals surface area contributed by atoms with Crippen LogP contribution in [0.3, 0.4) is 0 Å². The van der Waals surface area contributed by atoms with Crippen LogP contribution in [0.5, 0.6) is 0 Å². The Morgan fingerprint density at radius 3 is 2.31 bits per heavy atom.